The van der Waals surface area contributed by atoms with E-state index in [9.17, 15) is 5.11 Å². The first kappa shape index (κ1) is 15.7. The average Bonchev–Trinajstić information content (AvgIpc) is 3.11. The molecule has 3 rings (SSSR count). The van der Waals surface area contributed by atoms with E-state index in [2.05, 4.69) is 10.7 Å². The van der Waals surface area contributed by atoms with Crippen LogP contribution in [0, 0.1) is 0 Å². The Kier molecular flexibility index (Phi) is 5.02. The molecule has 5 heteroatoms. The summed E-state index contributed by atoms with van der Waals surface area (Å²) in [4.78, 5) is 4.70. The Morgan fingerprint density at radius 3 is 2.61 bits per heavy atom. The lowest BCUT2D eigenvalue weighted by Gasteiger charge is -2.10. The number of hydrogen-bond acceptors (Lipinski definition) is 5. The van der Waals surface area contributed by atoms with Gasteiger partial charge in [-0.15, -0.1) is 11.3 Å². The molecule has 3 N–H and O–H groups in total. The fourth-order valence-electron chi connectivity index (χ4n) is 2.21. The van der Waals surface area contributed by atoms with Crippen LogP contribution in [0.1, 0.15) is 0 Å². The summed E-state index contributed by atoms with van der Waals surface area (Å²) in [6, 6.07) is 18.0. The monoisotopic (exact) mass is 326 g/mol. The van der Waals surface area contributed by atoms with Gasteiger partial charge in [0.2, 0.25) is 0 Å². The maximum Gasteiger partial charge on any atom is 0.124 e. The number of aliphatic hydroxyl groups excluding tert-OH is 2. The lowest BCUT2D eigenvalue weighted by molar-refractivity contribution is 0.105. The van der Waals surface area contributed by atoms with Crippen LogP contribution in [0.2, 0.25) is 0 Å². The second-order valence-corrected chi connectivity index (χ2v) is 6.06. The summed E-state index contributed by atoms with van der Waals surface area (Å²) in [6.07, 6.45) is -0.761. The Hall–Kier alpha value is -2.21. The minimum Gasteiger partial charge on any atom is -0.394 e. The zero-order valence-electron chi connectivity index (χ0n) is 12.5. The van der Waals surface area contributed by atoms with Crippen molar-refractivity contribution in [2.75, 3.05) is 18.5 Å². The van der Waals surface area contributed by atoms with E-state index >= 15 is 0 Å². The van der Waals surface area contributed by atoms with Crippen LogP contribution in [0.3, 0.4) is 0 Å². The van der Waals surface area contributed by atoms with E-state index in [0.717, 1.165) is 27.5 Å². The highest BCUT2D eigenvalue weighted by Gasteiger charge is 2.07. The van der Waals surface area contributed by atoms with Crippen molar-refractivity contribution < 1.29 is 10.2 Å². The SMILES string of the molecule is OCC(O)CNc1cccc(-c2nc(-c3ccccc3)cs2)c1. The molecule has 23 heavy (non-hydrogen) atoms. The number of aliphatic hydroxyl groups is 2. The standard InChI is InChI=1S/C18H18N2O2S/c21-11-16(22)10-19-15-8-4-7-14(9-15)18-20-17(12-23-18)13-5-2-1-3-6-13/h1-9,12,16,19,21-22H,10-11H2. The maximum absolute atomic E-state index is 9.41. The minimum atomic E-state index is -0.761. The molecule has 0 aliphatic heterocycles. The van der Waals surface area contributed by atoms with Crippen molar-refractivity contribution in [3.8, 4) is 21.8 Å². The summed E-state index contributed by atoms with van der Waals surface area (Å²) in [6.45, 7) is 0.0622. The molecular formula is C18H18N2O2S. The van der Waals surface area contributed by atoms with Crippen molar-refractivity contribution in [1.29, 1.82) is 0 Å². The molecule has 0 saturated heterocycles. The largest absolute Gasteiger partial charge is 0.394 e. The number of anilines is 1. The van der Waals surface area contributed by atoms with Gasteiger partial charge in [0.15, 0.2) is 0 Å². The highest BCUT2D eigenvalue weighted by atomic mass is 32.1. The van der Waals surface area contributed by atoms with E-state index in [4.69, 9.17) is 10.1 Å². The number of aromatic nitrogens is 1. The molecule has 0 radical (unpaired) electrons. The van der Waals surface area contributed by atoms with Gasteiger partial charge in [0.05, 0.1) is 18.4 Å². The van der Waals surface area contributed by atoms with Gasteiger partial charge in [-0.25, -0.2) is 4.98 Å². The van der Waals surface area contributed by atoms with Gasteiger partial charge in [-0.2, -0.15) is 0 Å². The fraction of sp³-hybridized carbons (Fsp3) is 0.167. The maximum atomic E-state index is 9.41. The summed E-state index contributed by atoms with van der Waals surface area (Å²) >= 11 is 1.61. The van der Waals surface area contributed by atoms with E-state index in [1.54, 1.807) is 11.3 Å². The normalized spacial score (nSPS) is 12.1. The van der Waals surface area contributed by atoms with Crippen molar-refractivity contribution in [2.45, 2.75) is 6.10 Å². The third kappa shape index (κ3) is 3.96. The summed E-state index contributed by atoms with van der Waals surface area (Å²) < 4.78 is 0. The molecule has 0 fully saturated rings. The second kappa shape index (κ2) is 7.37. The Labute approximate surface area is 139 Å². The van der Waals surface area contributed by atoms with Crippen molar-refractivity contribution in [1.82, 2.24) is 4.98 Å². The van der Waals surface area contributed by atoms with Crippen LogP contribution < -0.4 is 5.32 Å². The van der Waals surface area contributed by atoms with Crippen molar-refractivity contribution >= 4 is 17.0 Å². The van der Waals surface area contributed by atoms with Crippen molar-refractivity contribution in [3.63, 3.8) is 0 Å². The summed E-state index contributed by atoms with van der Waals surface area (Å²) in [5.41, 5.74) is 4.00. The highest BCUT2D eigenvalue weighted by Crippen LogP contribution is 2.30. The first-order valence-corrected chi connectivity index (χ1v) is 8.28. The number of rotatable bonds is 6. The van der Waals surface area contributed by atoms with Crippen LogP contribution in [-0.4, -0.2) is 34.5 Å². The average molecular weight is 326 g/mol. The molecule has 0 aliphatic carbocycles. The molecule has 0 bridgehead atoms. The van der Waals surface area contributed by atoms with Gasteiger partial charge in [-0.3, -0.25) is 0 Å². The predicted molar refractivity (Wildman–Crippen MR) is 94.6 cm³/mol. The first-order valence-electron chi connectivity index (χ1n) is 7.40. The molecule has 1 atom stereocenters. The molecule has 0 saturated carbocycles. The fourth-order valence-corrected chi connectivity index (χ4v) is 3.04. The van der Waals surface area contributed by atoms with E-state index < -0.39 is 6.10 Å². The molecule has 1 heterocycles. The molecule has 0 amide bonds. The minimum absolute atomic E-state index is 0.250. The number of thiazole rings is 1. The Morgan fingerprint density at radius 2 is 1.83 bits per heavy atom. The van der Waals surface area contributed by atoms with Gasteiger partial charge in [-0.1, -0.05) is 42.5 Å². The lowest BCUT2D eigenvalue weighted by Crippen LogP contribution is -2.22. The number of nitrogens with one attached hydrogen (secondary N) is 1. The quantitative estimate of drug-likeness (QED) is 0.650. The summed E-state index contributed by atoms with van der Waals surface area (Å²) in [5.74, 6) is 0. The van der Waals surface area contributed by atoms with Gasteiger partial charge >= 0.3 is 0 Å². The van der Waals surface area contributed by atoms with Gasteiger partial charge in [0.25, 0.3) is 0 Å². The summed E-state index contributed by atoms with van der Waals surface area (Å²) in [7, 11) is 0. The van der Waals surface area contributed by atoms with Gasteiger partial charge in [-0.05, 0) is 12.1 Å². The molecule has 4 nitrogen and oxygen atoms in total. The Morgan fingerprint density at radius 1 is 1.04 bits per heavy atom. The Balaban J connectivity index is 1.78. The zero-order chi connectivity index (χ0) is 16.1. The first-order chi connectivity index (χ1) is 11.3. The van der Waals surface area contributed by atoms with Crippen LogP contribution in [0.15, 0.2) is 60.0 Å². The van der Waals surface area contributed by atoms with Crippen LogP contribution in [0.25, 0.3) is 21.8 Å². The molecule has 0 aliphatic rings. The van der Waals surface area contributed by atoms with Gasteiger partial charge in [0, 0.05) is 28.7 Å². The van der Waals surface area contributed by atoms with Crippen molar-refractivity contribution in [3.05, 3.63) is 60.0 Å². The van der Waals surface area contributed by atoms with Crippen LogP contribution in [0.4, 0.5) is 5.69 Å². The Bertz CT molecular complexity index is 758. The molecule has 2 aromatic carbocycles. The zero-order valence-corrected chi connectivity index (χ0v) is 13.3. The lowest BCUT2D eigenvalue weighted by atomic mass is 10.2. The predicted octanol–water partition coefficient (Wildman–Crippen LogP) is 3.24. The number of hydrogen-bond donors (Lipinski definition) is 3. The molecule has 0 spiro atoms. The van der Waals surface area contributed by atoms with Crippen LogP contribution >= 0.6 is 11.3 Å². The van der Waals surface area contributed by atoms with Gasteiger partial charge < -0.3 is 15.5 Å². The van der Waals surface area contributed by atoms with E-state index in [-0.39, 0.29) is 6.61 Å². The molecule has 1 aromatic heterocycles. The number of nitrogens with zero attached hydrogens (tertiary/aromatic N) is 1. The highest BCUT2D eigenvalue weighted by molar-refractivity contribution is 7.13. The van der Waals surface area contributed by atoms with Gasteiger partial charge in [0.1, 0.15) is 5.01 Å². The van der Waals surface area contributed by atoms with E-state index in [0.29, 0.717) is 6.54 Å². The summed E-state index contributed by atoms with van der Waals surface area (Å²) in [5, 5.41) is 24.4. The third-order valence-corrected chi connectivity index (χ3v) is 4.33. The van der Waals surface area contributed by atoms with Crippen LogP contribution in [0.5, 0.6) is 0 Å². The molecule has 118 valence electrons. The molecule has 1 unspecified atom stereocenters. The molecular weight excluding hydrogens is 308 g/mol. The second-order valence-electron chi connectivity index (χ2n) is 5.20. The number of benzene rings is 2. The van der Waals surface area contributed by atoms with Crippen molar-refractivity contribution in [2.24, 2.45) is 0 Å². The topological polar surface area (TPSA) is 65.4 Å². The smallest absolute Gasteiger partial charge is 0.124 e. The van der Waals surface area contributed by atoms with Crippen LogP contribution in [-0.2, 0) is 0 Å². The van der Waals surface area contributed by atoms with E-state index in [1.165, 1.54) is 0 Å². The molecule has 3 aromatic rings. The third-order valence-electron chi connectivity index (χ3n) is 3.44. The van der Waals surface area contributed by atoms with E-state index in [1.807, 2.05) is 54.6 Å².